The fourth-order valence-corrected chi connectivity index (χ4v) is 4.20. The number of para-hydroxylation sites is 1. The van der Waals surface area contributed by atoms with Crippen LogP contribution in [0.3, 0.4) is 0 Å². The van der Waals surface area contributed by atoms with Gasteiger partial charge in [0, 0.05) is 29.9 Å². The molecule has 1 fully saturated rings. The van der Waals surface area contributed by atoms with Gasteiger partial charge in [-0.1, -0.05) is 25.0 Å². The molecule has 0 bridgehead atoms. The fourth-order valence-electron chi connectivity index (χ4n) is 4.20. The van der Waals surface area contributed by atoms with Gasteiger partial charge in [-0.05, 0) is 25.0 Å². The van der Waals surface area contributed by atoms with Crippen molar-refractivity contribution < 1.29 is 14.3 Å². The van der Waals surface area contributed by atoms with E-state index in [4.69, 9.17) is 9.47 Å². The number of methoxy groups -OCH3 is 2. The molecule has 162 valence electrons. The average molecular weight is 423 g/mol. The Hall–Kier alpha value is -3.55. The molecular weight excluding hydrogens is 398 g/mol. The number of fused-ring (bicyclic) bond motifs is 1. The molecule has 1 aromatic heterocycles. The maximum Gasteiger partial charge on any atom is 0.332 e. The van der Waals surface area contributed by atoms with Gasteiger partial charge in [0.1, 0.15) is 18.0 Å². The summed E-state index contributed by atoms with van der Waals surface area (Å²) in [6, 6.07) is 11.8. The molecule has 1 aliphatic carbocycles. The Morgan fingerprint density at radius 3 is 2.32 bits per heavy atom. The summed E-state index contributed by atoms with van der Waals surface area (Å²) in [6.07, 6.45) is 3.57. The summed E-state index contributed by atoms with van der Waals surface area (Å²) in [4.78, 5) is 39.2. The zero-order valence-electron chi connectivity index (χ0n) is 17.6. The van der Waals surface area contributed by atoms with E-state index in [2.05, 4.69) is 5.32 Å². The van der Waals surface area contributed by atoms with Crippen LogP contribution >= 0.6 is 0 Å². The van der Waals surface area contributed by atoms with Crippen LogP contribution in [-0.2, 0) is 11.3 Å². The van der Waals surface area contributed by atoms with Crippen molar-refractivity contribution in [2.24, 2.45) is 0 Å². The van der Waals surface area contributed by atoms with E-state index in [0.717, 1.165) is 25.7 Å². The highest BCUT2D eigenvalue weighted by atomic mass is 16.5. The van der Waals surface area contributed by atoms with Gasteiger partial charge >= 0.3 is 5.69 Å². The standard InChI is InChI=1S/C23H25N3O5/c1-30-17-11-15(12-18(13-17)31-2)24-21(27)14-25-20-10-6-5-9-19(20)22(28)26(23(25)29)16-7-3-4-8-16/h5-6,9-13,16H,3-4,7-8,14H2,1-2H3,(H,24,27). The first kappa shape index (κ1) is 20.7. The lowest BCUT2D eigenvalue weighted by Gasteiger charge is -2.18. The number of ether oxygens (including phenoxy) is 2. The lowest BCUT2D eigenvalue weighted by molar-refractivity contribution is -0.116. The Kier molecular flexibility index (Phi) is 5.79. The molecule has 1 heterocycles. The normalized spacial score (nSPS) is 14.0. The van der Waals surface area contributed by atoms with Crippen molar-refractivity contribution in [2.45, 2.75) is 38.3 Å². The van der Waals surface area contributed by atoms with Crippen molar-refractivity contribution in [3.63, 3.8) is 0 Å². The van der Waals surface area contributed by atoms with E-state index < -0.39 is 5.69 Å². The van der Waals surface area contributed by atoms with Gasteiger partial charge in [0.25, 0.3) is 5.56 Å². The molecule has 0 saturated heterocycles. The molecule has 1 saturated carbocycles. The molecule has 31 heavy (non-hydrogen) atoms. The molecular formula is C23H25N3O5. The van der Waals surface area contributed by atoms with Crippen LogP contribution in [0, 0.1) is 0 Å². The largest absolute Gasteiger partial charge is 0.497 e. The van der Waals surface area contributed by atoms with Crippen molar-refractivity contribution >= 4 is 22.5 Å². The van der Waals surface area contributed by atoms with Crippen LogP contribution < -0.4 is 26.0 Å². The first-order chi connectivity index (χ1) is 15.0. The van der Waals surface area contributed by atoms with Crippen molar-refractivity contribution in [1.82, 2.24) is 9.13 Å². The fraction of sp³-hybridized carbons (Fsp3) is 0.348. The third-order valence-electron chi connectivity index (χ3n) is 5.71. The molecule has 0 unspecified atom stereocenters. The van der Waals surface area contributed by atoms with Crippen molar-refractivity contribution in [2.75, 3.05) is 19.5 Å². The number of benzene rings is 2. The molecule has 2 aromatic carbocycles. The van der Waals surface area contributed by atoms with E-state index in [1.165, 1.54) is 23.4 Å². The molecule has 1 aliphatic rings. The third kappa shape index (κ3) is 4.05. The van der Waals surface area contributed by atoms with Gasteiger partial charge in [-0.25, -0.2) is 4.79 Å². The summed E-state index contributed by atoms with van der Waals surface area (Å²) >= 11 is 0. The van der Waals surface area contributed by atoms with Crippen LogP contribution in [0.1, 0.15) is 31.7 Å². The summed E-state index contributed by atoms with van der Waals surface area (Å²) in [6.45, 7) is -0.216. The molecule has 0 aliphatic heterocycles. The van der Waals surface area contributed by atoms with Gasteiger partial charge in [0.15, 0.2) is 0 Å². The summed E-state index contributed by atoms with van der Waals surface area (Å²) in [5.41, 5.74) is 0.198. The molecule has 1 N–H and O–H groups in total. The molecule has 0 radical (unpaired) electrons. The number of nitrogens with one attached hydrogen (secondary N) is 1. The molecule has 1 amide bonds. The second-order valence-corrected chi connectivity index (χ2v) is 7.65. The average Bonchev–Trinajstić information content (AvgIpc) is 3.30. The van der Waals surface area contributed by atoms with Gasteiger partial charge in [-0.2, -0.15) is 0 Å². The lowest BCUT2D eigenvalue weighted by Crippen LogP contribution is -2.43. The molecule has 8 heteroatoms. The quantitative estimate of drug-likeness (QED) is 0.658. The SMILES string of the molecule is COc1cc(NC(=O)Cn2c(=O)n(C3CCCC3)c(=O)c3ccccc32)cc(OC)c1. The Morgan fingerprint density at radius 1 is 1.03 bits per heavy atom. The molecule has 0 spiro atoms. The van der Waals surface area contributed by atoms with E-state index in [0.29, 0.717) is 28.1 Å². The van der Waals surface area contributed by atoms with Crippen LogP contribution in [0.15, 0.2) is 52.1 Å². The highest BCUT2D eigenvalue weighted by Gasteiger charge is 2.24. The molecule has 0 atom stereocenters. The number of carbonyl (C=O) groups excluding carboxylic acids is 1. The van der Waals surface area contributed by atoms with E-state index in [-0.39, 0.29) is 24.1 Å². The predicted octanol–water partition coefficient (Wildman–Crippen LogP) is 2.93. The summed E-state index contributed by atoms with van der Waals surface area (Å²) < 4.78 is 13.2. The molecule has 4 rings (SSSR count). The van der Waals surface area contributed by atoms with Crippen LogP contribution in [0.4, 0.5) is 5.69 Å². The third-order valence-corrected chi connectivity index (χ3v) is 5.71. The summed E-state index contributed by atoms with van der Waals surface area (Å²) in [7, 11) is 3.05. The maximum atomic E-state index is 13.3. The topological polar surface area (TPSA) is 91.6 Å². The van der Waals surface area contributed by atoms with Gasteiger partial charge < -0.3 is 14.8 Å². The van der Waals surface area contributed by atoms with Gasteiger partial charge in [0.05, 0.1) is 25.1 Å². The molecule has 3 aromatic rings. The Labute approximate surface area is 179 Å². The number of nitrogens with zero attached hydrogens (tertiary/aromatic N) is 2. The second kappa shape index (κ2) is 8.67. The highest BCUT2D eigenvalue weighted by Crippen LogP contribution is 2.28. The van der Waals surface area contributed by atoms with E-state index >= 15 is 0 Å². The number of anilines is 1. The van der Waals surface area contributed by atoms with Gasteiger partial charge in [0.2, 0.25) is 5.91 Å². The van der Waals surface area contributed by atoms with E-state index in [1.54, 1.807) is 42.5 Å². The predicted molar refractivity (Wildman–Crippen MR) is 118 cm³/mol. The number of hydrogen-bond acceptors (Lipinski definition) is 5. The first-order valence-electron chi connectivity index (χ1n) is 10.3. The van der Waals surface area contributed by atoms with Crippen LogP contribution in [0.2, 0.25) is 0 Å². The Morgan fingerprint density at radius 2 is 1.68 bits per heavy atom. The Balaban J connectivity index is 1.72. The summed E-state index contributed by atoms with van der Waals surface area (Å²) in [5, 5.41) is 3.22. The van der Waals surface area contributed by atoms with Crippen molar-refractivity contribution in [3.8, 4) is 11.5 Å². The van der Waals surface area contributed by atoms with Gasteiger partial charge in [-0.15, -0.1) is 0 Å². The van der Waals surface area contributed by atoms with E-state index in [1.807, 2.05) is 0 Å². The zero-order chi connectivity index (χ0) is 22.0. The highest BCUT2D eigenvalue weighted by molar-refractivity contribution is 5.92. The minimum absolute atomic E-state index is 0.124. The minimum atomic E-state index is -0.450. The molecule has 8 nitrogen and oxygen atoms in total. The van der Waals surface area contributed by atoms with Crippen LogP contribution in [-0.4, -0.2) is 29.3 Å². The second-order valence-electron chi connectivity index (χ2n) is 7.65. The number of rotatable bonds is 6. The number of carbonyl (C=O) groups is 1. The minimum Gasteiger partial charge on any atom is -0.497 e. The zero-order valence-corrected chi connectivity index (χ0v) is 17.6. The number of hydrogen-bond donors (Lipinski definition) is 1. The van der Waals surface area contributed by atoms with Gasteiger partial charge in [-0.3, -0.25) is 18.7 Å². The number of aromatic nitrogens is 2. The summed E-state index contributed by atoms with van der Waals surface area (Å²) in [5.74, 6) is 0.679. The maximum absolute atomic E-state index is 13.3. The smallest absolute Gasteiger partial charge is 0.332 e. The van der Waals surface area contributed by atoms with E-state index in [9.17, 15) is 14.4 Å². The monoisotopic (exact) mass is 423 g/mol. The first-order valence-corrected chi connectivity index (χ1v) is 10.3. The van der Waals surface area contributed by atoms with Crippen LogP contribution in [0.25, 0.3) is 10.9 Å². The van der Waals surface area contributed by atoms with Crippen molar-refractivity contribution in [3.05, 3.63) is 63.3 Å². The lowest BCUT2D eigenvalue weighted by atomic mass is 10.2. The Bertz CT molecular complexity index is 1220. The number of amides is 1. The van der Waals surface area contributed by atoms with Crippen molar-refractivity contribution in [1.29, 1.82) is 0 Å². The van der Waals surface area contributed by atoms with Crippen LogP contribution in [0.5, 0.6) is 11.5 Å².